The van der Waals surface area contributed by atoms with E-state index < -0.39 is 45.8 Å². The van der Waals surface area contributed by atoms with E-state index in [1.54, 1.807) is 6.92 Å². The predicted octanol–water partition coefficient (Wildman–Crippen LogP) is 4.51. The fraction of sp³-hybridized carbons (Fsp3) is 0.250. The fourth-order valence-corrected chi connectivity index (χ4v) is 2.89. The van der Waals surface area contributed by atoms with E-state index in [4.69, 9.17) is 0 Å². The molecule has 0 fully saturated rings. The minimum Gasteiger partial charge on any atom is -0.310 e. The quantitative estimate of drug-likeness (QED) is 0.332. The van der Waals surface area contributed by atoms with E-state index >= 15 is 0 Å². The summed E-state index contributed by atoms with van der Waals surface area (Å²) in [5, 5.41) is 12.9. The molecular formula is C16H13F4N3O3S. The molecule has 1 heterocycles. The van der Waals surface area contributed by atoms with Gasteiger partial charge in [0.25, 0.3) is 5.69 Å². The average molecular weight is 403 g/mol. The zero-order valence-electron chi connectivity index (χ0n) is 13.8. The molecule has 0 aliphatic heterocycles. The molecule has 0 saturated carbocycles. The number of anilines is 1. The van der Waals surface area contributed by atoms with Crippen molar-refractivity contribution in [1.29, 1.82) is 0 Å². The summed E-state index contributed by atoms with van der Waals surface area (Å²) in [5.41, 5.74) is -2.69. The van der Waals surface area contributed by atoms with Gasteiger partial charge in [-0.25, -0.2) is 9.37 Å². The summed E-state index contributed by atoms with van der Waals surface area (Å²) >= 11 is 1.27. The lowest BCUT2D eigenvalue weighted by Crippen LogP contribution is -2.23. The van der Waals surface area contributed by atoms with Crippen LogP contribution >= 0.6 is 11.8 Å². The maximum absolute atomic E-state index is 12.9. The smallest absolute Gasteiger partial charge is 0.310 e. The Morgan fingerprint density at radius 2 is 1.96 bits per heavy atom. The molecule has 0 bridgehead atoms. The minimum absolute atomic E-state index is 0.288. The van der Waals surface area contributed by atoms with Gasteiger partial charge in [-0.2, -0.15) is 13.2 Å². The van der Waals surface area contributed by atoms with Crippen molar-refractivity contribution in [2.45, 2.75) is 18.0 Å². The maximum Gasteiger partial charge on any atom is 0.423 e. The highest BCUT2D eigenvalue weighted by atomic mass is 32.2. The minimum atomic E-state index is -4.96. The van der Waals surface area contributed by atoms with Gasteiger partial charge in [-0.05, 0) is 24.3 Å². The summed E-state index contributed by atoms with van der Waals surface area (Å²) < 4.78 is 51.7. The van der Waals surface area contributed by atoms with Crippen LogP contribution in [0.2, 0.25) is 0 Å². The van der Waals surface area contributed by atoms with Crippen LogP contribution in [0.3, 0.4) is 0 Å². The van der Waals surface area contributed by atoms with Crippen LogP contribution < -0.4 is 5.32 Å². The Bertz CT molecular complexity index is 844. The monoisotopic (exact) mass is 403 g/mol. The van der Waals surface area contributed by atoms with E-state index in [0.29, 0.717) is 12.3 Å². The van der Waals surface area contributed by atoms with Crippen molar-refractivity contribution in [2.24, 2.45) is 5.92 Å². The van der Waals surface area contributed by atoms with Gasteiger partial charge < -0.3 is 5.32 Å². The molecule has 6 nitrogen and oxygen atoms in total. The number of aromatic nitrogens is 1. The van der Waals surface area contributed by atoms with Crippen LogP contribution in [-0.4, -0.2) is 21.6 Å². The molecule has 1 aromatic heterocycles. The summed E-state index contributed by atoms with van der Waals surface area (Å²) in [4.78, 5) is 25.9. The molecule has 1 unspecified atom stereocenters. The Balaban J connectivity index is 2.05. The van der Waals surface area contributed by atoms with E-state index in [1.165, 1.54) is 36.0 Å². The van der Waals surface area contributed by atoms with Crippen LogP contribution in [0.4, 0.5) is 29.1 Å². The molecule has 27 heavy (non-hydrogen) atoms. The van der Waals surface area contributed by atoms with Crippen molar-refractivity contribution in [3.8, 4) is 0 Å². The highest BCUT2D eigenvalue weighted by Gasteiger charge is 2.39. The number of alkyl halides is 3. The van der Waals surface area contributed by atoms with Crippen molar-refractivity contribution in [2.75, 3.05) is 11.1 Å². The van der Waals surface area contributed by atoms with E-state index in [0.717, 1.165) is 4.90 Å². The summed E-state index contributed by atoms with van der Waals surface area (Å²) in [6, 6.07) is 6.05. The predicted molar refractivity (Wildman–Crippen MR) is 90.8 cm³/mol. The van der Waals surface area contributed by atoms with Crippen molar-refractivity contribution >= 4 is 29.2 Å². The number of carbonyl (C=O) groups is 1. The SMILES string of the molecule is CC(CSc1ccc(F)cc1)C(=O)Nc1cc(C(F)(F)F)c([N+](=O)[O-])cn1. The fourth-order valence-electron chi connectivity index (χ4n) is 1.97. The third kappa shape index (κ3) is 5.64. The van der Waals surface area contributed by atoms with Crippen molar-refractivity contribution in [3.63, 3.8) is 0 Å². The number of nitrogens with zero attached hydrogens (tertiary/aromatic N) is 2. The second kappa shape index (κ2) is 8.33. The van der Waals surface area contributed by atoms with Crippen molar-refractivity contribution in [1.82, 2.24) is 4.98 Å². The highest BCUT2D eigenvalue weighted by molar-refractivity contribution is 7.99. The van der Waals surface area contributed by atoms with Gasteiger partial charge in [-0.15, -0.1) is 11.8 Å². The van der Waals surface area contributed by atoms with Crippen LogP contribution in [-0.2, 0) is 11.0 Å². The molecule has 2 rings (SSSR count). The van der Waals surface area contributed by atoms with Gasteiger partial charge in [0, 0.05) is 22.6 Å². The molecule has 2 aromatic rings. The number of carbonyl (C=O) groups excluding carboxylic acids is 1. The third-order valence-electron chi connectivity index (χ3n) is 3.40. The van der Waals surface area contributed by atoms with E-state index in [2.05, 4.69) is 10.3 Å². The number of rotatable bonds is 6. The molecule has 0 aliphatic rings. The van der Waals surface area contributed by atoms with Crippen LogP contribution in [0.25, 0.3) is 0 Å². The van der Waals surface area contributed by atoms with Gasteiger partial charge in [-0.3, -0.25) is 14.9 Å². The molecule has 1 N–H and O–H groups in total. The largest absolute Gasteiger partial charge is 0.423 e. The number of benzene rings is 1. The second-order valence-electron chi connectivity index (χ2n) is 5.50. The van der Waals surface area contributed by atoms with Crippen LogP contribution in [0.15, 0.2) is 41.4 Å². The number of nitro groups is 1. The Labute approximate surface area is 155 Å². The van der Waals surface area contributed by atoms with Gasteiger partial charge in [0.2, 0.25) is 5.91 Å². The molecule has 0 spiro atoms. The molecule has 0 saturated heterocycles. The first kappa shape index (κ1) is 20.6. The van der Waals surface area contributed by atoms with Gasteiger partial charge in [0.15, 0.2) is 0 Å². The summed E-state index contributed by atoms with van der Waals surface area (Å²) in [5.74, 6) is -1.74. The van der Waals surface area contributed by atoms with Crippen LogP contribution in [0.1, 0.15) is 12.5 Å². The number of amides is 1. The van der Waals surface area contributed by atoms with Crippen molar-refractivity contribution < 1.29 is 27.3 Å². The molecule has 1 atom stereocenters. The summed E-state index contributed by atoms with van der Waals surface area (Å²) in [6.45, 7) is 1.56. The zero-order valence-corrected chi connectivity index (χ0v) is 14.6. The van der Waals surface area contributed by atoms with Gasteiger partial charge in [0.1, 0.15) is 23.4 Å². The normalized spacial score (nSPS) is 12.5. The lowest BCUT2D eigenvalue weighted by Gasteiger charge is -2.13. The molecule has 1 amide bonds. The Morgan fingerprint density at radius 1 is 1.33 bits per heavy atom. The van der Waals surface area contributed by atoms with E-state index in [-0.39, 0.29) is 5.75 Å². The van der Waals surface area contributed by atoms with Crippen LogP contribution in [0.5, 0.6) is 0 Å². The molecule has 11 heteroatoms. The first-order valence-corrected chi connectivity index (χ1v) is 8.47. The molecule has 1 aromatic carbocycles. The Kier molecular flexibility index (Phi) is 6.37. The van der Waals surface area contributed by atoms with Gasteiger partial charge in [0.05, 0.1) is 4.92 Å². The second-order valence-corrected chi connectivity index (χ2v) is 6.59. The van der Waals surface area contributed by atoms with Crippen molar-refractivity contribution in [3.05, 3.63) is 58.0 Å². The Morgan fingerprint density at radius 3 is 2.52 bits per heavy atom. The number of thioether (sulfide) groups is 1. The summed E-state index contributed by atoms with van der Waals surface area (Å²) in [6.07, 6.45) is -4.51. The lowest BCUT2D eigenvalue weighted by molar-refractivity contribution is -0.388. The van der Waals surface area contributed by atoms with Gasteiger partial charge >= 0.3 is 6.18 Å². The number of hydrogen-bond donors (Lipinski definition) is 1. The highest BCUT2D eigenvalue weighted by Crippen LogP contribution is 2.36. The van der Waals surface area contributed by atoms with E-state index in [1.807, 2.05) is 0 Å². The topological polar surface area (TPSA) is 85.1 Å². The van der Waals surface area contributed by atoms with E-state index in [9.17, 15) is 32.5 Å². The van der Waals surface area contributed by atoms with Crippen LogP contribution in [0, 0.1) is 21.8 Å². The number of halogens is 4. The average Bonchev–Trinajstić information content (AvgIpc) is 2.60. The Hall–Kier alpha value is -2.69. The van der Waals surface area contributed by atoms with Gasteiger partial charge in [-0.1, -0.05) is 6.92 Å². The first-order chi connectivity index (χ1) is 12.6. The summed E-state index contributed by atoms with van der Waals surface area (Å²) in [7, 11) is 0. The first-order valence-electron chi connectivity index (χ1n) is 7.49. The maximum atomic E-state index is 12.9. The number of hydrogen-bond acceptors (Lipinski definition) is 5. The molecule has 144 valence electrons. The lowest BCUT2D eigenvalue weighted by atomic mass is 10.2. The zero-order chi connectivity index (χ0) is 20.2. The number of nitrogens with one attached hydrogen (secondary N) is 1. The molecular weight excluding hydrogens is 390 g/mol. The standard InChI is InChI=1S/C16H13F4N3O3S/c1-9(8-27-11-4-2-10(17)3-5-11)15(24)22-14-6-12(16(18,19)20)13(7-21-14)23(25)26/h2-7,9H,8H2,1H3,(H,21,22,24). The third-order valence-corrected chi connectivity index (χ3v) is 4.67. The molecule has 0 aliphatic carbocycles. The number of pyridine rings is 1. The molecule has 0 radical (unpaired) electrons.